The first-order chi connectivity index (χ1) is 10.7. The van der Waals surface area contributed by atoms with Crippen molar-refractivity contribution in [3.8, 4) is 0 Å². The number of amides is 1. The third-order valence-electron chi connectivity index (χ3n) is 4.75. The fraction of sp³-hybridized carbons (Fsp3) is 0.765. The number of nitrogens with one attached hydrogen (secondary N) is 2. The third kappa shape index (κ3) is 5.16. The predicted octanol–water partition coefficient (Wildman–Crippen LogP) is 2.88. The second-order valence-electron chi connectivity index (χ2n) is 6.66. The molecule has 0 spiro atoms. The molecule has 0 bridgehead atoms. The predicted molar refractivity (Wildman–Crippen MR) is 97.5 cm³/mol. The highest BCUT2D eigenvalue weighted by atomic mass is 35.5. The molecule has 1 fully saturated rings. The molecule has 4 nitrogen and oxygen atoms in total. The van der Waals surface area contributed by atoms with Gasteiger partial charge in [-0.2, -0.15) is 0 Å². The summed E-state index contributed by atoms with van der Waals surface area (Å²) in [6.45, 7) is 3.90. The highest BCUT2D eigenvalue weighted by Gasteiger charge is 2.24. The molecule has 1 saturated heterocycles. The maximum absolute atomic E-state index is 12.2. The molecule has 1 aromatic heterocycles. The number of hydrogen-bond donors (Lipinski definition) is 2. The van der Waals surface area contributed by atoms with E-state index < -0.39 is 0 Å². The molecule has 0 radical (unpaired) electrons. The minimum atomic E-state index is 0. The number of fused-ring (bicyclic) bond motifs is 1. The topological polar surface area (TPSA) is 54.0 Å². The maximum Gasteiger partial charge on any atom is 0.223 e. The molecule has 1 amide bonds. The minimum Gasteiger partial charge on any atom is -0.356 e. The van der Waals surface area contributed by atoms with Crippen molar-refractivity contribution in [1.82, 2.24) is 15.6 Å². The monoisotopic (exact) mass is 357 g/mol. The Balaban J connectivity index is 0.00000192. The van der Waals surface area contributed by atoms with Gasteiger partial charge in [0.25, 0.3) is 0 Å². The zero-order valence-electron chi connectivity index (χ0n) is 13.9. The van der Waals surface area contributed by atoms with Crippen LogP contribution in [0.5, 0.6) is 0 Å². The van der Waals surface area contributed by atoms with Crippen molar-refractivity contribution < 1.29 is 4.79 Å². The fourth-order valence-electron chi connectivity index (χ4n) is 3.48. The lowest BCUT2D eigenvalue weighted by Gasteiger charge is -2.27. The first-order valence-corrected chi connectivity index (χ1v) is 9.52. The summed E-state index contributed by atoms with van der Waals surface area (Å²) < 4.78 is 0. The van der Waals surface area contributed by atoms with Crippen LogP contribution in [-0.2, 0) is 24.1 Å². The van der Waals surface area contributed by atoms with Crippen molar-refractivity contribution in [2.75, 3.05) is 13.1 Å². The Morgan fingerprint density at radius 2 is 2.22 bits per heavy atom. The van der Waals surface area contributed by atoms with E-state index in [9.17, 15) is 4.79 Å². The van der Waals surface area contributed by atoms with Crippen LogP contribution in [0.3, 0.4) is 0 Å². The first-order valence-electron chi connectivity index (χ1n) is 8.71. The first kappa shape index (κ1) is 18.7. The number of halogens is 1. The van der Waals surface area contributed by atoms with Crippen LogP contribution in [-0.4, -0.2) is 30.0 Å². The second-order valence-corrected chi connectivity index (χ2v) is 7.82. The number of carbonyl (C=O) groups is 1. The number of hydrogen-bond acceptors (Lipinski definition) is 4. The van der Waals surface area contributed by atoms with Crippen molar-refractivity contribution in [3.63, 3.8) is 0 Å². The van der Waals surface area contributed by atoms with Crippen LogP contribution in [0.15, 0.2) is 0 Å². The molecular weight excluding hydrogens is 330 g/mol. The van der Waals surface area contributed by atoms with E-state index in [2.05, 4.69) is 17.6 Å². The lowest BCUT2D eigenvalue weighted by molar-refractivity contribution is -0.126. The van der Waals surface area contributed by atoms with Gasteiger partial charge in [-0.25, -0.2) is 4.98 Å². The van der Waals surface area contributed by atoms with Gasteiger partial charge in [-0.1, -0.05) is 0 Å². The largest absolute Gasteiger partial charge is 0.356 e. The Hall–Kier alpha value is -0.650. The molecule has 0 saturated carbocycles. The molecule has 2 heterocycles. The summed E-state index contributed by atoms with van der Waals surface area (Å²) in [7, 11) is 0. The molecule has 1 aromatic rings. The molecule has 2 atom stereocenters. The van der Waals surface area contributed by atoms with Gasteiger partial charge >= 0.3 is 0 Å². The molecular formula is C17H28ClN3OS. The van der Waals surface area contributed by atoms with Crippen LogP contribution in [0.1, 0.15) is 54.6 Å². The summed E-state index contributed by atoms with van der Waals surface area (Å²) >= 11 is 1.89. The van der Waals surface area contributed by atoms with Gasteiger partial charge in [-0.15, -0.1) is 23.7 Å². The van der Waals surface area contributed by atoms with Gasteiger partial charge in [0.15, 0.2) is 0 Å². The summed E-state index contributed by atoms with van der Waals surface area (Å²) in [4.78, 5) is 18.4. The Kier molecular flexibility index (Phi) is 7.31. The summed E-state index contributed by atoms with van der Waals surface area (Å²) in [5.74, 6) is 0.440. The maximum atomic E-state index is 12.2. The third-order valence-corrected chi connectivity index (χ3v) is 5.97. The van der Waals surface area contributed by atoms with Gasteiger partial charge in [0, 0.05) is 29.8 Å². The Labute approximate surface area is 149 Å². The number of carbonyl (C=O) groups excluding carboxylic acids is 1. The van der Waals surface area contributed by atoms with E-state index in [0.29, 0.717) is 6.04 Å². The average molecular weight is 358 g/mol. The Morgan fingerprint density at radius 1 is 1.39 bits per heavy atom. The molecule has 23 heavy (non-hydrogen) atoms. The van der Waals surface area contributed by atoms with E-state index in [0.717, 1.165) is 45.2 Å². The average Bonchev–Trinajstić information content (AvgIpc) is 2.94. The van der Waals surface area contributed by atoms with E-state index in [-0.39, 0.29) is 24.2 Å². The number of piperidine rings is 1. The van der Waals surface area contributed by atoms with Crippen LogP contribution < -0.4 is 10.6 Å². The van der Waals surface area contributed by atoms with Crippen molar-refractivity contribution in [2.24, 2.45) is 5.92 Å². The number of aryl methyl sites for hydroxylation is 3. The summed E-state index contributed by atoms with van der Waals surface area (Å²) in [6, 6.07) is 0.464. The molecule has 1 aliphatic heterocycles. The summed E-state index contributed by atoms with van der Waals surface area (Å²) in [5.41, 5.74) is 1.35. The molecule has 2 aliphatic rings. The zero-order chi connectivity index (χ0) is 15.4. The highest BCUT2D eigenvalue weighted by molar-refractivity contribution is 7.11. The van der Waals surface area contributed by atoms with Crippen LogP contribution in [0.25, 0.3) is 0 Å². The summed E-state index contributed by atoms with van der Waals surface area (Å²) in [6.07, 6.45) is 8.92. The van der Waals surface area contributed by atoms with Crippen LogP contribution >= 0.6 is 23.7 Å². The van der Waals surface area contributed by atoms with Gasteiger partial charge in [0.1, 0.15) is 0 Å². The number of thiazole rings is 1. The van der Waals surface area contributed by atoms with Crippen LogP contribution in [0.4, 0.5) is 0 Å². The zero-order valence-corrected chi connectivity index (χ0v) is 15.5. The highest BCUT2D eigenvalue weighted by Crippen LogP contribution is 2.27. The van der Waals surface area contributed by atoms with Crippen molar-refractivity contribution in [3.05, 3.63) is 15.6 Å². The van der Waals surface area contributed by atoms with E-state index >= 15 is 0 Å². The molecule has 3 rings (SSSR count). The van der Waals surface area contributed by atoms with Crippen molar-refractivity contribution >= 4 is 29.7 Å². The van der Waals surface area contributed by atoms with Gasteiger partial charge in [0.2, 0.25) is 5.91 Å². The lowest BCUT2D eigenvalue weighted by Crippen LogP contribution is -2.42. The number of aromatic nitrogens is 1. The van der Waals surface area contributed by atoms with E-state index in [1.54, 1.807) is 0 Å². The van der Waals surface area contributed by atoms with Crippen LogP contribution in [0, 0.1) is 5.92 Å². The van der Waals surface area contributed by atoms with Gasteiger partial charge < -0.3 is 10.6 Å². The molecule has 2 N–H and O–H groups in total. The smallest absolute Gasteiger partial charge is 0.223 e. The normalized spacial score (nSPS) is 23.7. The quantitative estimate of drug-likeness (QED) is 0.797. The molecule has 0 aromatic carbocycles. The lowest BCUT2D eigenvalue weighted by atomic mass is 9.92. The van der Waals surface area contributed by atoms with E-state index in [1.807, 2.05) is 11.3 Å². The van der Waals surface area contributed by atoms with Gasteiger partial charge in [0.05, 0.1) is 10.7 Å². The molecule has 130 valence electrons. The fourth-order valence-corrected chi connectivity index (χ4v) is 4.68. The molecule has 0 unspecified atom stereocenters. The molecule has 6 heteroatoms. The molecule has 1 aliphatic carbocycles. The van der Waals surface area contributed by atoms with Crippen LogP contribution in [0.2, 0.25) is 0 Å². The Bertz CT molecular complexity index is 496. The van der Waals surface area contributed by atoms with Crippen molar-refractivity contribution in [1.29, 1.82) is 0 Å². The van der Waals surface area contributed by atoms with E-state index in [4.69, 9.17) is 4.98 Å². The standard InChI is InChI=1S/C17H27N3OS.ClH/c1-12-11-13(8-10-18-12)17(21)19-9-4-7-16-20-14-5-2-3-6-15(14)22-16;/h12-13,18H,2-11H2,1H3,(H,19,21);1H/t12-,13-;/m0./s1. The number of rotatable bonds is 5. The number of nitrogens with zero attached hydrogens (tertiary/aromatic N) is 1. The van der Waals surface area contributed by atoms with Crippen molar-refractivity contribution in [2.45, 2.75) is 64.3 Å². The van der Waals surface area contributed by atoms with Gasteiger partial charge in [-0.05, 0) is 58.4 Å². The van der Waals surface area contributed by atoms with E-state index in [1.165, 1.54) is 34.8 Å². The minimum absolute atomic E-state index is 0. The Morgan fingerprint density at radius 3 is 3.00 bits per heavy atom. The SMILES string of the molecule is C[C@H]1C[C@@H](C(=O)NCCCc2nc3c(s2)CCCC3)CCN1.Cl. The second kappa shape index (κ2) is 9.00. The van der Waals surface area contributed by atoms with Gasteiger partial charge in [-0.3, -0.25) is 4.79 Å². The summed E-state index contributed by atoms with van der Waals surface area (Å²) in [5, 5.41) is 7.77.